The summed E-state index contributed by atoms with van der Waals surface area (Å²) in [6.07, 6.45) is 0. The van der Waals surface area contributed by atoms with Crippen LogP contribution in [0.4, 0.5) is 0 Å². The van der Waals surface area contributed by atoms with Gasteiger partial charge in [0.15, 0.2) is 0 Å². The number of carboxylic acid groups (broad SMARTS) is 1. The maximum atomic E-state index is 11.1. The molecular weight excluding hydrogens is 248 g/mol. The fourth-order valence-corrected chi connectivity index (χ4v) is 1.84. The van der Waals surface area contributed by atoms with Crippen molar-refractivity contribution in [3.05, 3.63) is 35.6 Å². The van der Waals surface area contributed by atoms with Crippen LogP contribution in [0, 0.1) is 0 Å². The molecule has 0 spiro atoms. The molecule has 0 aliphatic heterocycles. The zero-order chi connectivity index (χ0) is 13.8. The molecule has 3 N–H and O–H groups in total. The van der Waals surface area contributed by atoms with E-state index in [9.17, 15) is 9.59 Å². The molecule has 1 aromatic carbocycles. The van der Waals surface area contributed by atoms with Gasteiger partial charge < -0.3 is 20.2 Å². The lowest BCUT2D eigenvalue weighted by atomic mass is 10.1. The Morgan fingerprint density at radius 2 is 2.05 bits per heavy atom. The van der Waals surface area contributed by atoms with E-state index in [0.29, 0.717) is 11.1 Å². The Morgan fingerprint density at radius 1 is 1.32 bits per heavy atom. The van der Waals surface area contributed by atoms with Crippen molar-refractivity contribution in [1.82, 2.24) is 10.6 Å². The number of amides is 1. The number of furan rings is 1. The van der Waals surface area contributed by atoms with Crippen molar-refractivity contribution in [2.75, 3.05) is 13.6 Å². The summed E-state index contributed by atoms with van der Waals surface area (Å²) in [5.41, 5.74) is 1.07. The van der Waals surface area contributed by atoms with Gasteiger partial charge in [-0.15, -0.1) is 0 Å². The summed E-state index contributed by atoms with van der Waals surface area (Å²) in [5, 5.41) is 15.2. The third-order valence-corrected chi connectivity index (χ3v) is 2.76. The molecule has 0 fully saturated rings. The van der Waals surface area contributed by atoms with Crippen LogP contribution in [0.3, 0.4) is 0 Å². The van der Waals surface area contributed by atoms with Gasteiger partial charge >= 0.3 is 5.97 Å². The van der Waals surface area contributed by atoms with Crippen LogP contribution in [0.2, 0.25) is 0 Å². The summed E-state index contributed by atoms with van der Waals surface area (Å²) in [7, 11) is 1.54. The largest absolute Gasteiger partial charge is 0.475 e. The molecule has 6 heteroatoms. The van der Waals surface area contributed by atoms with E-state index in [1.54, 1.807) is 25.2 Å². The molecule has 0 radical (unpaired) electrons. The summed E-state index contributed by atoms with van der Waals surface area (Å²) in [5.74, 6) is -1.37. The maximum Gasteiger partial charge on any atom is 0.372 e. The van der Waals surface area contributed by atoms with E-state index in [0.717, 1.165) is 5.39 Å². The van der Waals surface area contributed by atoms with E-state index in [2.05, 4.69) is 10.6 Å². The van der Waals surface area contributed by atoms with E-state index in [4.69, 9.17) is 9.52 Å². The first-order valence-corrected chi connectivity index (χ1v) is 5.78. The molecule has 6 nitrogen and oxygen atoms in total. The van der Waals surface area contributed by atoms with Crippen molar-refractivity contribution in [2.45, 2.75) is 6.54 Å². The maximum absolute atomic E-state index is 11.1. The van der Waals surface area contributed by atoms with Gasteiger partial charge in [0.25, 0.3) is 0 Å². The van der Waals surface area contributed by atoms with Gasteiger partial charge in [-0.3, -0.25) is 4.79 Å². The van der Waals surface area contributed by atoms with Gasteiger partial charge in [0.05, 0.1) is 6.54 Å². The molecule has 2 rings (SSSR count). The minimum atomic E-state index is -1.12. The molecule has 0 aliphatic carbocycles. The van der Waals surface area contributed by atoms with Gasteiger partial charge in [-0.2, -0.15) is 0 Å². The number of rotatable bonds is 5. The number of hydrogen-bond donors (Lipinski definition) is 3. The third-order valence-electron chi connectivity index (χ3n) is 2.76. The van der Waals surface area contributed by atoms with Crippen LogP contribution >= 0.6 is 0 Å². The number of benzene rings is 1. The lowest BCUT2D eigenvalue weighted by Gasteiger charge is -2.03. The number of hydrogen-bond acceptors (Lipinski definition) is 4. The number of nitrogens with one attached hydrogen (secondary N) is 2. The second-order valence-corrected chi connectivity index (χ2v) is 3.99. The Kier molecular flexibility index (Phi) is 3.82. The Morgan fingerprint density at radius 3 is 2.74 bits per heavy atom. The Balaban J connectivity index is 2.26. The van der Waals surface area contributed by atoms with Crippen LogP contribution in [0.25, 0.3) is 11.0 Å². The average Bonchev–Trinajstić information content (AvgIpc) is 2.78. The van der Waals surface area contributed by atoms with Crippen LogP contribution in [0.1, 0.15) is 16.1 Å². The number of carboxylic acids is 1. The van der Waals surface area contributed by atoms with Gasteiger partial charge in [0, 0.05) is 24.5 Å². The fourth-order valence-electron chi connectivity index (χ4n) is 1.84. The molecule has 100 valence electrons. The van der Waals surface area contributed by atoms with E-state index in [-0.39, 0.29) is 24.8 Å². The van der Waals surface area contributed by atoms with Crippen molar-refractivity contribution in [2.24, 2.45) is 0 Å². The molecule has 0 saturated carbocycles. The van der Waals surface area contributed by atoms with Crippen LogP contribution in [0.5, 0.6) is 0 Å². The van der Waals surface area contributed by atoms with Gasteiger partial charge in [-0.05, 0) is 6.07 Å². The smallest absolute Gasteiger partial charge is 0.372 e. The number of para-hydroxylation sites is 1. The van der Waals surface area contributed by atoms with Crippen molar-refractivity contribution < 1.29 is 19.1 Å². The first-order chi connectivity index (χ1) is 9.13. The minimum absolute atomic E-state index is 0.0920. The molecule has 1 amide bonds. The zero-order valence-electron chi connectivity index (χ0n) is 10.4. The predicted octanol–water partition coefficient (Wildman–Crippen LogP) is 0.967. The first-order valence-electron chi connectivity index (χ1n) is 5.78. The topological polar surface area (TPSA) is 91.6 Å². The average molecular weight is 262 g/mol. The normalized spacial score (nSPS) is 10.6. The van der Waals surface area contributed by atoms with Crippen molar-refractivity contribution in [1.29, 1.82) is 0 Å². The minimum Gasteiger partial charge on any atom is -0.475 e. The molecule has 2 aromatic rings. The van der Waals surface area contributed by atoms with E-state index in [1.165, 1.54) is 0 Å². The summed E-state index contributed by atoms with van der Waals surface area (Å²) in [6, 6.07) is 7.09. The predicted molar refractivity (Wildman–Crippen MR) is 68.9 cm³/mol. The highest BCUT2D eigenvalue weighted by Crippen LogP contribution is 2.25. The summed E-state index contributed by atoms with van der Waals surface area (Å²) in [4.78, 5) is 22.3. The highest BCUT2D eigenvalue weighted by atomic mass is 16.4. The molecule has 19 heavy (non-hydrogen) atoms. The van der Waals surface area contributed by atoms with Crippen LogP contribution < -0.4 is 10.6 Å². The number of carbonyl (C=O) groups is 2. The monoisotopic (exact) mass is 262 g/mol. The second-order valence-electron chi connectivity index (χ2n) is 3.99. The van der Waals surface area contributed by atoms with E-state index in [1.807, 2.05) is 6.07 Å². The quantitative estimate of drug-likeness (QED) is 0.746. The summed E-state index contributed by atoms with van der Waals surface area (Å²) in [6.45, 7) is 0.376. The summed E-state index contributed by atoms with van der Waals surface area (Å²) >= 11 is 0. The van der Waals surface area contributed by atoms with Crippen LogP contribution in [-0.2, 0) is 11.3 Å². The molecule has 0 bridgehead atoms. The lowest BCUT2D eigenvalue weighted by Crippen LogP contribution is -2.31. The van der Waals surface area contributed by atoms with E-state index < -0.39 is 5.97 Å². The molecule has 1 heterocycles. The van der Waals surface area contributed by atoms with Crippen molar-refractivity contribution in [3.63, 3.8) is 0 Å². The molecule has 0 atom stereocenters. The van der Waals surface area contributed by atoms with Crippen LogP contribution in [0.15, 0.2) is 28.7 Å². The van der Waals surface area contributed by atoms with Gasteiger partial charge in [0.2, 0.25) is 11.7 Å². The van der Waals surface area contributed by atoms with Crippen molar-refractivity contribution in [3.8, 4) is 0 Å². The number of fused-ring (bicyclic) bond motifs is 1. The standard InChI is InChI=1S/C13H14N2O4/c1-14-11(16)7-15-6-9-8-4-2-3-5-10(8)19-12(9)13(17)18/h2-5,15H,6-7H2,1H3,(H,14,16)(H,17,18). The van der Waals surface area contributed by atoms with Gasteiger partial charge in [0.1, 0.15) is 5.58 Å². The molecule has 1 aromatic heterocycles. The van der Waals surface area contributed by atoms with Gasteiger partial charge in [-0.25, -0.2) is 4.79 Å². The SMILES string of the molecule is CNC(=O)CNCc1c(C(=O)O)oc2ccccc12. The number of carbonyl (C=O) groups excluding carboxylic acids is 1. The molecular formula is C13H14N2O4. The number of aromatic carboxylic acids is 1. The molecule has 0 saturated heterocycles. The van der Waals surface area contributed by atoms with Crippen LogP contribution in [-0.4, -0.2) is 30.6 Å². The molecule has 0 unspecified atom stereocenters. The molecule has 0 aliphatic rings. The highest BCUT2D eigenvalue weighted by Gasteiger charge is 2.19. The summed E-state index contributed by atoms with van der Waals surface area (Å²) < 4.78 is 5.30. The first kappa shape index (κ1) is 13.1. The van der Waals surface area contributed by atoms with Crippen molar-refractivity contribution >= 4 is 22.8 Å². The van der Waals surface area contributed by atoms with E-state index >= 15 is 0 Å². The Labute approximate surface area is 109 Å². The Bertz CT molecular complexity index is 618. The highest BCUT2D eigenvalue weighted by molar-refractivity contribution is 5.95. The Hall–Kier alpha value is -2.34. The zero-order valence-corrected chi connectivity index (χ0v) is 10.4. The van der Waals surface area contributed by atoms with Gasteiger partial charge in [-0.1, -0.05) is 18.2 Å². The number of likely N-dealkylation sites (N-methyl/N-ethyl adjacent to an activating group) is 1. The second kappa shape index (κ2) is 5.53. The third kappa shape index (κ3) is 2.74. The lowest BCUT2D eigenvalue weighted by molar-refractivity contribution is -0.119. The fraction of sp³-hybridized carbons (Fsp3) is 0.231.